The third-order valence-electron chi connectivity index (χ3n) is 5.28. The van der Waals surface area contributed by atoms with Crippen molar-refractivity contribution in [1.29, 1.82) is 0 Å². The van der Waals surface area contributed by atoms with Crippen LogP contribution in [0, 0.1) is 5.92 Å². The van der Waals surface area contributed by atoms with Gasteiger partial charge < -0.3 is 20.3 Å². The lowest BCUT2D eigenvalue weighted by Gasteiger charge is -2.34. The molecule has 27 heavy (non-hydrogen) atoms. The molecule has 2 heterocycles. The number of piperidine rings is 1. The number of likely N-dealkylation sites (tertiary alicyclic amines) is 1. The van der Waals surface area contributed by atoms with E-state index in [0.717, 1.165) is 58.4 Å². The van der Waals surface area contributed by atoms with Crippen molar-refractivity contribution in [3.63, 3.8) is 0 Å². The van der Waals surface area contributed by atoms with Crippen molar-refractivity contribution in [2.24, 2.45) is 10.9 Å². The molecule has 2 aliphatic rings. The number of hydrogen-bond donors (Lipinski definition) is 2. The molecular weight excluding hydrogens is 453 g/mol. The van der Waals surface area contributed by atoms with Crippen LogP contribution in [0.25, 0.3) is 0 Å². The van der Waals surface area contributed by atoms with Gasteiger partial charge in [-0.05, 0) is 45.2 Å². The van der Waals surface area contributed by atoms with E-state index in [2.05, 4.69) is 41.2 Å². The number of guanidine groups is 1. The van der Waals surface area contributed by atoms with Crippen LogP contribution in [0.15, 0.2) is 4.99 Å². The second-order valence-corrected chi connectivity index (χ2v) is 7.98. The van der Waals surface area contributed by atoms with E-state index < -0.39 is 0 Å². The predicted octanol–water partition coefficient (Wildman–Crippen LogP) is 2.39. The monoisotopic (exact) mass is 495 g/mol. The second kappa shape index (κ2) is 14.8. The predicted molar refractivity (Wildman–Crippen MR) is 125 cm³/mol. The Morgan fingerprint density at radius 3 is 2.37 bits per heavy atom. The van der Waals surface area contributed by atoms with E-state index in [1.165, 1.54) is 38.8 Å². The van der Waals surface area contributed by atoms with Crippen molar-refractivity contribution in [2.75, 3.05) is 65.6 Å². The van der Waals surface area contributed by atoms with Gasteiger partial charge in [0.15, 0.2) is 5.96 Å². The van der Waals surface area contributed by atoms with Crippen LogP contribution in [0.1, 0.15) is 46.5 Å². The Labute approximate surface area is 183 Å². The van der Waals surface area contributed by atoms with Crippen molar-refractivity contribution >= 4 is 29.9 Å². The number of aliphatic imine (C=N–C) groups is 1. The summed E-state index contributed by atoms with van der Waals surface area (Å²) < 4.78 is 5.52. The molecule has 2 N–H and O–H groups in total. The molecule has 0 saturated carbocycles. The fourth-order valence-electron chi connectivity index (χ4n) is 3.88. The van der Waals surface area contributed by atoms with Crippen molar-refractivity contribution in [3.8, 4) is 0 Å². The van der Waals surface area contributed by atoms with Crippen LogP contribution in [0.4, 0.5) is 0 Å². The van der Waals surface area contributed by atoms with Gasteiger partial charge in [-0.2, -0.15) is 0 Å². The highest BCUT2D eigenvalue weighted by molar-refractivity contribution is 14.0. The highest BCUT2D eigenvalue weighted by atomic mass is 127. The molecule has 0 aromatic rings. The Hall–Kier alpha value is -0.120. The molecule has 6 nitrogen and oxygen atoms in total. The molecule has 0 radical (unpaired) electrons. The van der Waals surface area contributed by atoms with E-state index in [1.807, 2.05) is 0 Å². The first kappa shape index (κ1) is 24.9. The van der Waals surface area contributed by atoms with Gasteiger partial charge in [-0.1, -0.05) is 20.3 Å². The summed E-state index contributed by atoms with van der Waals surface area (Å²) in [6.45, 7) is 16.9. The van der Waals surface area contributed by atoms with Crippen molar-refractivity contribution in [3.05, 3.63) is 0 Å². The van der Waals surface area contributed by atoms with Crippen LogP contribution in [0.3, 0.4) is 0 Å². The molecular formula is C20H42IN5O. The van der Waals surface area contributed by atoms with Crippen LogP contribution in [-0.2, 0) is 4.74 Å². The molecule has 2 fully saturated rings. The highest BCUT2D eigenvalue weighted by Crippen LogP contribution is 2.14. The molecule has 0 aromatic carbocycles. The van der Waals surface area contributed by atoms with E-state index in [1.54, 1.807) is 0 Å². The first-order valence-electron chi connectivity index (χ1n) is 10.8. The van der Waals surface area contributed by atoms with Crippen LogP contribution in [0.5, 0.6) is 0 Å². The summed E-state index contributed by atoms with van der Waals surface area (Å²) in [4.78, 5) is 10.0. The Kier molecular flexibility index (Phi) is 13.7. The third-order valence-corrected chi connectivity index (χ3v) is 5.28. The number of halogens is 1. The molecule has 0 amide bonds. The average molecular weight is 495 g/mol. The highest BCUT2D eigenvalue weighted by Gasteiger charge is 2.21. The van der Waals surface area contributed by atoms with Crippen LogP contribution in [0.2, 0.25) is 0 Å². The lowest BCUT2D eigenvalue weighted by atomic mass is 10.0. The average Bonchev–Trinajstić information content (AvgIpc) is 2.66. The first-order valence-corrected chi connectivity index (χ1v) is 10.8. The van der Waals surface area contributed by atoms with Gasteiger partial charge in [0.2, 0.25) is 0 Å². The molecule has 160 valence electrons. The summed E-state index contributed by atoms with van der Waals surface area (Å²) in [7, 11) is 0. The molecule has 2 saturated heterocycles. The summed E-state index contributed by atoms with van der Waals surface area (Å²) in [6.07, 6.45) is 5.29. The van der Waals surface area contributed by atoms with Gasteiger partial charge in [0.1, 0.15) is 0 Å². The molecule has 0 bridgehead atoms. The smallest absolute Gasteiger partial charge is 0.191 e. The van der Waals surface area contributed by atoms with Crippen LogP contribution < -0.4 is 10.6 Å². The fraction of sp³-hybridized carbons (Fsp3) is 0.950. The topological polar surface area (TPSA) is 52.1 Å². The summed E-state index contributed by atoms with van der Waals surface area (Å²) in [5, 5.41) is 6.94. The first-order chi connectivity index (χ1) is 12.7. The lowest BCUT2D eigenvalue weighted by molar-refractivity contribution is 0.0143. The maximum atomic E-state index is 5.52. The third kappa shape index (κ3) is 10.3. The second-order valence-electron chi connectivity index (χ2n) is 7.98. The zero-order valence-electron chi connectivity index (χ0n) is 17.7. The maximum Gasteiger partial charge on any atom is 0.191 e. The SMILES string of the molecule is CCNC(=NCC(CC(C)C)N1CCOCC1)NCCN1CCCCC1.I. The number of ether oxygens (including phenoxy) is 1. The quantitative estimate of drug-likeness (QED) is 0.292. The lowest BCUT2D eigenvalue weighted by Crippen LogP contribution is -2.47. The fourth-order valence-corrected chi connectivity index (χ4v) is 3.88. The van der Waals surface area contributed by atoms with Gasteiger partial charge in [-0.25, -0.2) is 0 Å². The van der Waals surface area contributed by atoms with Gasteiger partial charge in [-0.15, -0.1) is 24.0 Å². The van der Waals surface area contributed by atoms with Crippen LogP contribution >= 0.6 is 24.0 Å². The van der Waals surface area contributed by atoms with E-state index in [-0.39, 0.29) is 24.0 Å². The van der Waals surface area contributed by atoms with E-state index in [4.69, 9.17) is 9.73 Å². The molecule has 7 heteroatoms. The summed E-state index contributed by atoms with van der Waals surface area (Å²) >= 11 is 0. The number of nitrogens with one attached hydrogen (secondary N) is 2. The molecule has 0 spiro atoms. The zero-order valence-corrected chi connectivity index (χ0v) is 20.0. The van der Waals surface area contributed by atoms with E-state index >= 15 is 0 Å². The van der Waals surface area contributed by atoms with Gasteiger partial charge in [0, 0.05) is 38.8 Å². The van der Waals surface area contributed by atoms with Crippen molar-refractivity contribution in [1.82, 2.24) is 20.4 Å². The van der Waals surface area contributed by atoms with Gasteiger partial charge in [0.25, 0.3) is 0 Å². The summed E-state index contributed by atoms with van der Waals surface area (Å²) in [5.74, 6) is 1.65. The minimum Gasteiger partial charge on any atom is -0.379 e. The number of rotatable bonds is 9. The summed E-state index contributed by atoms with van der Waals surface area (Å²) in [5.41, 5.74) is 0. The number of hydrogen-bond acceptors (Lipinski definition) is 4. The van der Waals surface area contributed by atoms with E-state index in [0.29, 0.717) is 12.0 Å². The minimum atomic E-state index is 0. The normalized spacial score (nSPS) is 21.0. The Morgan fingerprint density at radius 1 is 1.04 bits per heavy atom. The van der Waals surface area contributed by atoms with Gasteiger partial charge in [-0.3, -0.25) is 9.89 Å². The largest absolute Gasteiger partial charge is 0.379 e. The standard InChI is InChI=1S/C20H41N5O.HI/c1-4-21-20(22-8-11-24-9-6-5-7-10-24)23-17-19(16-18(2)3)25-12-14-26-15-13-25;/h18-19H,4-17H2,1-3H3,(H2,21,22,23);1H. The number of nitrogens with zero attached hydrogens (tertiary/aromatic N) is 3. The van der Waals surface area contributed by atoms with Gasteiger partial charge >= 0.3 is 0 Å². The maximum absolute atomic E-state index is 5.52. The molecule has 0 aromatic heterocycles. The minimum absolute atomic E-state index is 0. The molecule has 0 aliphatic carbocycles. The summed E-state index contributed by atoms with van der Waals surface area (Å²) in [6, 6.07) is 0.511. The Morgan fingerprint density at radius 2 is 1.74 bits per heavy atom. The molecule has 1 unspecified atom stereocenters. The molecule has 2 rings (SSSR count). The Bertz CT molecular complexity index is 396. The Balaban J connectivity index is 0.00000364. The molecule has 1 atom stereocenters. The number of morpholine rings is 1. The molecule has 2 aliphatic heterocycles. The van der Waals surface area contributed by atoms with Crippen LogP contribution in [-0.4, -0.2) is 87.4 Å². The van der Waals surface area contributed by atoms with Gasteiger partial charge in [0.05, 0.1) is 19.8 Å². The van der Waals surface area contributed by atoms with Crippen molar-refractivity contribution < 1.29 is 4.74 Å². The van der Waals surface area contributed by atoms with Crippen molar-refractivity contribution in [2.45, 2.75) is 52.5 Å². The van der Waals surface area contributed by atoms with E-state index in [9.17, 15) is 0 Å². The zero-order chi connectivity index (χ0) is 18.6.